The van der Waals surface area contributed by atoms with Crippen LogP contribution in [0.5, 0.6) is 0 Å². The van der Waals surface area contributed by atoms with E-state index in [-0.39, 0.29) is 6.04 Å². The van der Waals surface area contributed by atoms with Crippen molar-refractivity contribution in [3.63, 3.8) is 0 Å². The molecule has 4 heteroatoms. The Kier molecular flexibility index (Phi) is 4.03. The van der Waals surface area contributed by atoms with Gasteiger partial charge in [0.25, 0.3) is 0 Å². The van der Waals surface area contributed by atoms with Crippen LogP contribution in [0.25, 0.3) is 0 Å². The molecule has 0 aliphatic rings. The third-order valence-electron chi connectivity index (χ3n) is 2.75. The fourth-order valence-electron chi connectivity index (χ4n) is 1.66. The van der Waals surface area contributed by atoms with Crippen LogP contribution >= 0.6 is 11.6 Å². The van der Waals surface area contributed by atoms with Gasteiger partial charge in [-0.3, -0.25) is 0 Å². The molecule has 3 nitrogen and oxygen atoms in total. The minimum Gasteiger partial charge on any atom is -0.468 e. The van der Waals surface area contributed by atoms with Gasteiger partial charge in [-0.15, -0.1) is 0 Å². The van der Waals surface area contributed by atoms with Gasteiger partial charge in [0.1, 0.15) is 5.76 Å². The van der Waals surface area contributed by atoms with Gasteiger partial charge in [-0.1, -0.05) is 17.7 Å². The summed E-state index contributed by atoms with van der Waals surface area (Å²) in [5.41, 5.74) is 1.54. The number of rotatable bonds is 4. The van der Waals surface area contributed by atoms with Gasteiger partial charge < -0.3 is 9.73 Å². The van der Waals surface area contributed by atoms with E-state index in [0.29, 0.717) is 17.1 Å². The standard InChI is InChI=1S/C14H13ClN2O/c1-10(14-3-2-6-18-14)17-9-12-5-4-11(8-16)7-13(12)15/h2-7,10,17H,9H2,1H3/t10-/m0/s1. The average Bonchev–Trinajstić information content (AvgIpc) is 2.90. The van der Waals surface area contributed by atoms with Gasteiger partial charge in [0.15, 0.2) is 0 Å². The zero-order valence-electron chi connectivity index (χ0n) is 9.98. The van der Waals surface area contributed by atoms with Gasteiger partial charge in [-0.05, 0) is 36.8 Å². The second-order valence-electron chi connectivity index (χ2n) is 4.04. The van der Waals surface area contributed by atoms with E-state index in [9.17, 15) is 0 Å². The molecule has 1 aromatic heterocycles. The summed E-state index contributed by atoms with van der Waals surface area (Å²) in [4.78, 5) is 0. The third-order valence-corrected chi connectivity index (χ3v) is 3.10. The van der Waals surface area contributed by atoms with Crippen molar-refractivity contribution in [2.75, 3.05) is 0 Å². The van der Waals surface area contributed by atoms with Gasteiger partial charge in [0.2, 0.25) is 0 Å². The average molecular weight is 261 g/mol. The van der Waals surface area contributed by atoms with E-state index in [2.05, 4.69) is 11.4 Å². The molecule has 0 unspecified atom stereocenters. The molecule has 0 saturated carbocycles. The van der Waals surface area contributed by atoms with Crippen molar-refractivity contribution >= 4 is 11.6 Å². The maximum Gasteiger partial charge on any atom is 0.120 e. The highest BCUT2D eigenvalue weighted by molar-refractivity contribution is 6.31. The number of hydrogen-bond acceptors (Lipinski definition) is 3. The zero-order valence-corrected chi connectivity index (χ0v) is 10.7. The zero-order chi connectivity index (χ0) is 13.0. The van der Waals surface area contributed by atoms with E-state index in [4.69, 9.17) is 21.3 Å². The molecule has 1 N–H and O–H groups in total. The Hall–Kier alpha value is -1.76. The quantitative estimate of drug-likeness (QED) is 0.913. The van der Waals surface area contributed by atoms with Crippen LogP contribution < -0.4 is 5.32 Å². The first-order valence-electron chi connectivity index (χ1n) is 5.66. The van der Waals surface area contributed by atoms with Crippen LogP contribution in [0.3, 0.4) is 0 Å². The second-order valence-corrected chi connectivity index (χ2v) is 4.44. The minimum atomic E-state index is 0.117. The summed E-state index contributed by atoms with van der Waals surface area (Å²) in [7, 11) is 0. The van der Waals surface area contributed by atoms with Gasteiger partial charge >= 0.3 is 0 Å². The molecule has 0 aliphatic carbocycles. The molecule has 0 fully saturated rings. The normalized spacial score (nSPS) is 12.1. The van der Waals surface area contributed by atoms with Crippen LogP contribution in [0.1, 0.15) is 29.9 Å². The van der Waals surface area contributed by atoms with Crippen molar-refractivity contribution < 1.29 is 4.42 Å². The number of hydrogen-bond donors (Lipinski definition) is 1. The summed E-state index contributed by atoms with van der Waals surface area (Å²) >= 11 is 6.10. The van der Waals surface area contributed by atoms with Crippen LogP contribution in [0.2, 0.25) is 5.02 Å². The van der Waals surface area contributed by atoms with E-state index >= 15 is 0 Å². The molecule has 92 valence electrons. The predicted molar refractivity (Wildman–Crippen MR) is 70.1 cm³/mol. The minimum absolute atomic E-state index is 0.117. The van der Waals surface area contributed by atoms with Crippen LogP contribution in [0, 0.1) is 11.3 Å². The topological polar surface area (TPSA) is 49.0 Å². The largest absolute Gasteiger partial charge is 0.468 e. The fourth-order valence-corrected chi connectivity index (χ4v) is 1.91. The van der Waals surface area contributed by atoms with Crippen LogP contribution in [0.15, 0.2) is 41.0 Å². The summed E-state index contributed by atoms with van der Waals surface area (Å²) in [5.74, 6) is 0.889. The highest BCUT2D eigenvalue weighted by atomic mass is 35.5. The van der Waals surface area contributed by atoms with E-state index in [1.165, 1.54) is 0 Å². The molecule has 0 saturated heterocycles. The van der Waals surface area contributed by atoms with Gasteiger partial charge in [0, 0.05) is 11.6 Å². The molecule has 18 heavy (non-hydrogen) atoms. The maximum atomic E-state index is 8.76. The Morgan fingerprint density at radius 1 is 1.44 bits per heavy atom. The molecular formula is C14H13ClN2O. The number of furan rings is 1. The molecule has 2 rings (SSSR count). The monoisotopic (exact) mass is 260 g/mol. The summed E-state index contributed by atoms with van der Waals surface area (Å²) in [5, 5.41) is 12.7. The fraction of sp³-hybridized carbons (Fsp3) is 0.214. The molecule has 0 amide bonds. The lowest BCUT2D eigenvalue weighted by Crippen LogP contribution is -2.17. The first-order valence-corrected chi connectivity index (χ1v) is 6.04. The lowest BCUT2D eigenvalue weighted by molar-refractivity contribution is 0.430. The lowest BCUT2D eigenvalue weighted by atomic mass is 10.1. The van der Waals surface area contributed by atoms with Crippen LogP contribution in [-0.2, 0) is 6.54 Å². The first-order chi connectivity index (χ1) is 8.70. The Bertz CT molecular complexity index is 558. The van der Waals surface area contributed by atoms with Crippen molar-refractivity contribution in [3.8, 4) is 6.07 Å². The number of nitriles is 1. The van der Waals surface area contributed by atoms with Crippen molar-refractivity contribution in [2.24, 2.45) is 0 Å². The van der Waals surface area contributed by atoms with Gasteiger partial charge in [-0.25, -0.2) is 0 Å². The highest BCUT2D eigenvalue weighted by Gasteiger charge is 2.08. The number of halogens is 1. The molecular weight excluding hydrogens is 248 g/mol. The van der Waals surface area contributed by atoms with Crippen molar-refractivity contribution in [3.05, 3.63) is 58.5 Å². The van der Waals surface area contributed by atoms with Crippen molar-refractivity contribution in [1.29, 1.82) is 5.26 Å². The van der Waals surface area contributed by atoms with Gasteiger partial charge in [-0.2, -0.15) is 5.26 Å². The first kappa shape index (κ1) is 12.7. The van der Waals surface area contributed by atoms with E-state index in [1.54, 1.807) is 18.4 Å². The third kappa shape index (κ3) is 2.92. The van der Waals surface area contributed by atoms with E-state index in [0.717, 1.165) is 11.3 Å². The molecule has 1 heterocycles. The molecule has 2 aromatic rings. The number of nitrogens with one attached hydrogen (secondary N) is 1. The molecule has 0 radical (unpaired) electrons. The summed E-state index contributed by atoms with van der Waals surface area (Å²) < 4.78 is 5.31. The summed E-state index contributed by atoms with van der Waals surface area (Å²) in [6.07, 6.45) is 1.65. The van der Waals surface area contributed by atoms with E-state index in [1.807, 2.05) is 25.1 Å². The smallest absolute Gasteiger partial charge is 0.120 e. The van der Waals surface area contributed by atoms with Crippen molar-refractivity contribution in [1.82, 2.24) is 5.32 Å². The number of nitrogens with zero attached hydrogens (tertiary/aromatic N) is 1. The maximum absolute atomic E-state index is 8.76. The van der Waals surface area contributed by atoms with Crippen LogP contribution in [0.4, 0.5) is 0 Å². The van der Waals surface area contributed by atoms with E-state index < -0.39 is 0 Å². The molecule has 0 aliphatic heterocycles. The Morgan fingerprint density at radius 2 is 2.28 bits per heavy atom. The Labute approximate surface area is 111 Å². The molecule has 0 bridgehead atoms. The van der Waals surface area contributed by atoms with Crippen molar-refractivity contribution in [2.45, 2.75) is 19.5 Å². The molecule has 0 spiro atoms. The highest BCUT2D eigenvalue weighted by Crippen LogP contribution is 2.19. The second kappa shape index (κ2) is 5.72. The molecule has 1 atom stereocenters. The summed E-state index contributed by atoms with van der Waals surface area (Å²) in [6.45, 7) is 2.66. The Morgan fingerprint density at radius 3 is 2.89 bits per heavy atom. The predicted octanol–water partition coefficient (Wildman–Crippen LogP) is 3.66. The number of benzene rings is 1. The molecule has 1 aromatic carbocycles. The SMILES string of the molecule is C[C@H](NCc1ccc(C#N)cc1Cl)c1ccco1. The van der Waals surface area contributed by atoms with Crippen LogP contribution in [-0.4, -0.2) is 0 Å². The van der Waals surface area contributed by atoms with Gasteiger partial charge in [0.05, 0.1) is 23.9 Å². The Balaban J connectivity index is 2.00. The summed E-state index contributed by atoms with van der Waals surface area (Å²) in [6, 6.07) is 11.3. The lowest BCUT2D eigenvalue weighted by Gasteiger charge is -2.12.